The zero-order valence-electron chi connectivity index (χ0n) is 21.1. The fourth-order valence-corrected chi connectivity index (χ4v) is 8.21. The van der Waals surface area contributed by atoms with Crippen LogP contribution >= 0.6 is 23.2 Å². The summed E-state index contributed by atoms with van der Waals surface area (Å²) < 4.78 is 65.7. The lowest BCUT2D eigenvalue weighted by molar-refractivity contribution is -0.151. The average Bonchev–Trinajstić information content (AvgIpc) is 3.02. The third kappa shape index (κ3) is 5.54. The molecule has 4 aliphatic rings. The molecule has 3 fully saturated rings. The first-order valence-corrected chi connectivity index (χ1v) is 14.8. The molecule has 0 saturated heterocycles. The van der Waals surface area contributed by atoms with Gasteiger partial charge in [-0.2, -0.15) is 17.5 Å². The van der Waals surface area contributed by atoms with Gasteiger partial charge in [-0.15, -0.1) is 0 Å². The number of ketones is 1. The van der Waals surface area contributed by atoms with E-state index in [1.54, 1.807) is 22.5 Å². The van der Waals surface area contributed by atoms with Gasteiger partial charge in [0.2, 0.25) is 10.0 Å². The van der Waals surface area contributed by atoms with Crippen molar-refractivity contribution in [2.75, 3.05) is 5.75 Å². The summed E-state index contributed by atoms with van der Waals surface area (Å²) in [4.78, 5) is 17.4. The summed E-state index contributed by atoms with van der Waals surface area (Å²) >= 11 is 12.2. The molecule has 1 aromatic rings. The van der Waals surface area contributed by atoms with Crippen LogP contribution in [0.25, 0.3) is 0 Å². The lowest BCUT2D eigenvalue weighted by atomic mass is 9.38. The Kier molecular flexibility index (Phi) is 7.49. The second-order valence-corrected chi connectivity index (χ2v) is 14.1. The van der Waals surface area contributed by atoms with Crippen LogP contribution in [0.5, 0.6) is 0 Å². The number of carbonyl (C=O) groups is 1. The number of hydrogen-bond acceptors (Lipinski definition) is 5. The van der Waals surface area contributed by atoms with Crippen LogP contribution in [0.2, 0.25) is 10.0 Å². The van der Waals surface area contributed by atoms with Crippen molar-refractivity contribution in [1.82, 2.24) is 9.62 Å². The van der Waals surface area contributed by atoms with Gasteiger partial charge in [-0.3, -0.25) is 9.79 Å². The maximum absolute atomic E-state index is 13.3. The number of aliphatic imine (C=N–C) groups is 1. The molecule has 1 aliphatic heterocycles. The third-order valence-corrected chi connectivity index (χ3v) is 10.6. The highest BCUT2D eigenvalue weighted by Gasteiger charge is 2.75. The Labute approximate surface area is 226 Å². The van der Waals surface area contributed by atoms with E-state index in [0.29, 0.717) is 41.6 Å². The summed E-state index contributed by atoms with van der Waals surface area (Å²) in [6.45, 7) is 5.64. The number of nitrogens with one attached hydrogen (secondary N) is 1. The summed E-state index contributed by atoms with van der Waals surface area (Å²) in [7, 11) is -3.54. The summed E-state index contributed by atoms with van der Waals surface area (Å²) in [5, 5.41) is 4.10. The maximum Gasteiger partial charge on any atom is 0.389 e. The average molecular weight is 583 g/mol. The molecule has 5 rings (SSSR count). The van der Waals surface area contributed by atoms with Crippen molar-refractivity contribution >= 4 is 44.8 Å². The molecule has 3 aliphatic carbocycles. The monoisotopic (exact) mass is 581 g/mol. The molecule has 3 saturated carbocycles. The number of halogens is 5. The van der Waals surface area contributed by atoms with Crippen LogP contribution in [0.1, 0.15) is 71.3 Å². The van der Waals surface area contributed by atoms with Gasteiger partial charge in [-0.05, 0) is 63.6 Å². The first-order valence-electron chi connectivity index (χ1n) is 12.4. The van der Waals surface area contributed by atoms with E-state index >= 15 is 0 Å². The van der Waals surface area contributed by atoms with Gasteiger partial charge >= 0.3 is 6.18 Å². The Bertz CT molecular complexity index is 1200. The second kappa shape index (κ2) is 9.68. The van der Waals surface area contributed by atoms with E-state index in [4.69, 9.17) is 23.2 Å². The Morgan fingerprint density at radius 3 is 2.41 bits per heavy atom. The SMILES string of the molecule is CCCS(=O)(=O)N(Cc1ccc(Cl)c(Cl)c1)C12CC(C3=N[C@@H](C(=O)CCCC(F)(F)F)C(C)(C)N3)(C1)C2. The Morgan fingerprint density at radius 1 is 1.19 bits per heavy atom. The van der Waals surface area contributed by atoms with E-state index in [9.17, 15) is 26.4 Å². The molecule has 1 heterocycles. The van der Waals surface area contributed by atoms with Gasteiger partial charge < -0.3 is 5.32 Å². The van der Waals surface area contributed by atoms with Crippen LogP contribution in [0, 0.1) is 5.41 Å². The van der Waals surface area contributed by atoms with Crippen LogP contribution in [0.15, 0.2) is 23.2 Å². The van der Waals surface area contributed by atoms with Crippen molar-refractivity contribution in [3.63, 3.8) is 0 Å². The van der Waals surface area contributed by atoms with Gasteiger partial charge in [0.25, 0.3) is 0 Å². The summed E-state index contributed by atoms with van der Waals surface area (Å²) in [5.41, 5.74) is -0.865. The molecular weight excluding hydrogens is 550 g/mol. The minimum Gasteiger partial charge on any atom is -0.366 e. The van der Waals surface area contributed by atoms with Gasteiger partial charge in [-0.1, -0.05) is 36.2 Å². The highest BCUT2D eigenvalue weighted by atomic mass is 35.5. The van der Waals surface area contributed by atoms with Crippen LogP contribution in [-0.2, 0) is 21.4 Å². The lowest BCUT2D eigenvalue weighted by Gasteiger charge is -2.73. The van der Waals surface area contributed by atoms with Crippen LogP contribution < -0.4 is 5.32 Å². The van der Waals surface area contributed by atoms with Gasteiger partial charge in [0.15, 0.2) is 5.78 Å². The molecule has 1 atom stereocenters. The van der Waals surface area contributed by atoms with E-state index in [-0.39, 0.29) is 36.3 Å². The molecule has 6 nitrogen and oxygen atoms in total. The number of amidine groups is 1. The minimum atomic E-state index is -4.29. The van der Waals surface area contributed by atoms with Crippen LogP contribution in [-0.4, -0.2) is 53.4 Å². The van der Waals surface area contributed by atoms with Gasteiger partial charge in [0, 0.05) is 30.3 Å². The first-order chi connectivity index (χ1) is 17.0. The Balaban J connectivity index is 1.49. The smallest absolute Gasteiger partial charge is 0.366 e. The second-order valence-electron chi connectivity index (χ2n) is 11.3. The Hall–Kier alpha value is -1.36. The Morgan fingerprint density at radius 2 is 1.84 bits per heavy atom. The van der Waals surface area contributed by atoms with Gasteiger partial charge in [0.05, 0.1) is 21.3 Å². The van der Waals surface area contributed by atoms with Gasteiger partial charge in [-0.25, -0.2) is 8.42 Å². The van der Waals surface area contributed by atoms with Crippen molar-refractivity contribution < 1.29 is 26.4 Å². The normalized spacial score (nSPS) is 28.4. The third-order valence-electron chi connectivity index (χ3n) is 7.71. The molecule has 12 heteroatoms. The van der Waals surface area contributed by atoms with Crippen molar-refractivity contribution in [2.45, 2.75) is 95.6 Å². The number of carbonyl (C=O) groups excluding carboxylic acids is 1. The molecule has 0 radical (unpaired) electrons. The molecule has 2 bridgehead atoms. The highest BCUT2D eigenvalue weighted by molar-refractivity contribution is 7.89. The quantitative estimate of drug-likeness (QED) is 0.352. The molecule has 37 heavy (non-hydrogen) atoms. The first kappa shape index (κ1) is 28.6. The van der Waals surface area contributed by atoms with Crippen LogP contribution in [0.4, 0.5) is 13.2 Å². The highest BCUT2D eigenvalue weighted by Crippen LogP contribution is 2.71. The van der Waals surface area contributed by atoms with E-state index in [0.717, 1.165) is 5.56 Å². The molecule has 0 aromatic heterocycles. The standard InChI is InChI=1S/C25H32Cl2F3N3O3S/c1-4-10-37(35,36)33(12-16-7-8-17(26)18(27)11-16)24-13-23(14-24,15-24)21-31-20(22(2,3)32-21)19(34)6-5-9-25(28,29)30/h7-8,11,20H,4-6,9-10,12-15H2,1-3H3,(H,31,32)/t20-,23?,24?/m0/s1. The zero-order chi connectivity index (χ0) is 27.4. The fourth-order valence-electron chi connectivity index (χ4n) is 6.02. The summed E-state index contributed by atoms with van der Waals surface area (Å²) in [6.07, 6.45) is -3.53. The molecule has 0 unspecified atom stereocenters. The predicted octanol–water partition coefficient (Wildman–Crippen LogP) is 5.91. The van der Waals surface area contributed by atoms with Gasteiger partial charge in [0.1, 0.15) is 11.9 Å². The van der Waals surface area contributed by atoms with Crippen molar-refractivity contribution in [3.05, 3.63) is 33.8 Å². The molecule has 0 spiro atoms. The van der Waals surface area contributed by atoms with Crippen LogP contribution in [0.3, 0.4) is 0 Å². The molecule has 0 amide bonds. The molecule has 206 valence electrons. The zero-order valence-corrected chi connectivity index (χ0v) is 23.4. The lowest BCUT2D eigenvalue weighted by Crippen LogP contribution is -2.78. The van der Waals surface area contributed by atoms with E-state index in [1.165, 1.54) is 0 Å². The minimum absolute atomic E-state index is 0.0315. The summed E-state index contributed by atoms with van der Waals surface area (Å²) in [5.74, 6) is 0.379. The molecular formula is C25H32Cl2F3N3O3S. The largest absolute Gasteiger partial charge is 0.389 e. The van der Waals surface area contributed by atoms with E-state index in [2.05, 4.69) is 10.3 Å². The fraction of sp³-hybridized carbons (Fsp3) is 0.680. The van der Waals surface area contributed by atoms with E-state index in [1.807, 2.05) is 20.8 Å². The number of benzene rings is 1. The topological polar surface area (TPSA) is 78.8 Å². The number of Topliss-reactive ketones (excluding diaryl/α,β-unsaturated/α-hetero) is 1. The van der Waals surface area contributed by atoms with Crippen molar-refractivity contribution in [2.24, 2.45) is 10.4 Å². The number of alkyl halides is 3. The van der Waals surface area contributed by atoms with E-state index < -0.39 is 39.7 Å². The molecule has 1 N–H and O–H groups in total. The number of rotatable bonds is 11. The number of hydrogen-bond donors (Lipinski definition) is 1. The summed E-state index contributed by atoms with van der Waals surface area (Å²) in [6, 6.07) is 4.33. The predicted molar refractivity (Wildman–Crippen MR) is 138 cm³/mol. The van der Waals surface area contributed by atoms with Crippen molar-refractivity contribution in [3.8, 4) is 0 Å². The maximum atomic E-state index is 13.3. The molecule has 1 aromatic carbocycles. The number of nitrogens with zero attached hydrogens (tertiary/aromatic N) is 2. The number of sulfonamides is 1. The van der Waals surface area contributed by atoms with Crippen molar-refractivity contribution in [1.29, 1.82) is 0 Å².